The number of halogens is 1. The fourth-order valence-electron chi connectivity index (χ4n) is 3.49. The van der Waals surface area contributed by atoms with Gasteiger partial charge in [-0.15, -0.1) is 0 Å². The number of nitrogens with two attached hydrogens (primary N) is 1. The molecule has 1 saturated heterocycles. The van der Waals surface area contributed by atoms with E-state index in [-0.39, 0.29) is 5.91 Å². The highest BCUT2D eigenvalue weighted by molar-refractivity contribution is 9.10. The number of rotatable bonds is 2. The van der Waals surface area contributed by atoms with Crippen molar-refractivity contribution in [2.75, 3.05) is 18.8 Å². The average Bonchev–Trinajstić information content (AvgIpc) is 2.57. The molecule has 0 unspecified atom stereocenters. The van der Waals surface area contributed by atoms with Crippen molar-refractivity contribution in [2.24, 2.45) is 5.92 Å². The van der Waals surface area contributed by atoms with Gasteiger partial charge in [-0.2, -0.15) is 0 Å². The van der Waals surface area contributed by atoms with Gasteiger partial charge in [0.1, 0.15) is 0 Å². The largest absolute Gasteiger partial charge is 0.398 e. The number of nitrogen functional groups attached to an aromatic ring is 1. The zero-order valence-electron chi connectivity index (χ0n) is 14.1. The third-order valence-corrected chi connectivity index (χ3v) is 5.55. The maximum absolute atomic E-state index is 12.8. The molecule has 0 saturated carbocycles. The first-order valence-electron chi connectivity index (χ1n) is 8.36. The summed E-state index contributed by atoms with van der Waals surface area (Å²) < 4.78 is 1.10. The zero-order valence-corrected chi connectivity index (χ0v) is 15.7. The van der Waals surface area contributed by atoms with Gasteiger partial charge >= 0.3 is 0 Å². The van der Waals surface area contributed by atoms with Gasteiger partial charge in [-0.1, -0.05) is 41.1 Å². The molecule has 1 aliphatic heterocycles. The fourth-order valence-corrected chi connectivity index (χ4v) is 3.76. The molecular weight excluding hydrogens is 364 g/mol. The molecule has 0 spiro atoms. The van der Waals surface area contributed by atoms with E-state index in [2.05, 4.69) is 47.1 Å². The van der Waals surface area contributed by atoms with E-state index in [4.69, 9.17) is 5.73 Å². The minimum Gasteiger partial charge on any atom is -0.398 e. The molecule has 0 aliphatic carbocycles. The van der Waals surface area contributed by atoms with Crippen LogP contribution in [0.25, 0.3) is 0 Å². The number of likely N-dealkylation sites (tertiary alicyclic amines) is 1. The highest BCUT2D eigenvalue weighted by Gasteiger charge is 2.30. The van der Waals surface area contributed by atoms with E-state index in [9.17, 15) is 4.79 Å². The van der Waals surface area contributed by atoms with Crippen molar-refractivity contribution in [1.29, 1.82) is 0 Å². The summed E-state index contributed by atoms with van der Waals surface area (Å²) in [4.78, 5) is 14.7. The topological polar surface area (TPSA) is 46.3 Å². The molecule has 126 valence electrons. The molecule has 2 aromatic rings. The maximum atomic E-state index is 12.8. The molecule has 0 radical (unpaired) electrons. The first kappa shape index (κ1) is 17.0. The number of hydrogen-bond donors (Lipinski definition) is 1. The van der Waals surface area contributed by atoms with Crippen molar-refractivity contribution >= 4 is 27.5 Å². The summed E-state index contributed by atoms with van der Waals surface area (Å²) in [5.74, 6) is 1.03. The van der Waals surface area contributed by atoms with Crippen LogP contribution in [0.5, 0.6) is 0 Å². The van der Waals surface area contributed by atoms with E-state index in [1.54, 1.807) is 6.07 Å². The Balaban J connectivity index is 1.71. The predicted molar refractivity (Wildman–Crippen MR) is 102 cm³/mol. The van der Waals surface area contributed by atoms with Crippen molar-refractivity contribution in [3.8, 4) is 0 Å². The number of hydrogen-bond acceptors (Lipinski definition) is 2. The van der Waals surface area contributed by atoms with Crippen LogP contribution in [0.4, 0.5) is 5.69 Å². The Labute approximate surface area is 152 Å². The summed E-state index contributed by atoms with van der Waals surface area (Å²) in [6.45, 7) is 5.76. The van der Waals surface area contributed by atoms with Crippen LogP contribution in [0.1, 0.15) is 40.7 Å². The number of nitrogens with zero attached hydrogens (tertiary/aromatic N) is 1. The molecular formula is C20H23BrN2O. The Kier molecular flexibility index (Phi) is 4.95. The minimum absolute atomic E-state index is 0.0859. The Morgan fingerprint density at radius 1 is 1.21 bits per heavy atom. The number of benzene rings is 2. The fraction of sp³-hybridized carbons (Fsp3) is 0.350. The third-order valence-electron chi connectivity index (χ3n) is 5.02. The van der Waals surface area contributed by atoms with Crippen LogP contribution in [0.3, 0.4) is 0 Å². The Morgan fingerprint density at radius 3 is 2.54 bits per heavy atom. The number of carbonyl (C=O) groups is 1. The first-order valence-corrected chi connectivity index (χ1v) is 9.16. The summed E-state index contributed by atoms with van der Waals surface area (Å²) in [6.07, 6.45) is 0.996. The Morgan fingerprint density at radius 2 is 1.92 bits per heavy atom. The van der Waals surface area contributed by atoms with Crippen LogP contribution in [-0.2, 0) is 0 Å². The normalized spacial score (nSPS) is 20.9. The molecule has 2 N–H and O–H groups in total. The Bertz CT molecular complexity index is 742. The SMILES string of the molecule is Cc1ccc(C(=O)N2CC[C@H](c3ccc(Br)cc3)[C@H](C)C2)cc1N. The number of amides is 1. The van der Waals surface area contributed by atoms with E-state index < -0.39 is 0 Å². The van der Waals surface area contributed by atoms with Gasteiger partial charge in [-0.25, -0.2) is 0 Å². The molecule has 3 nitrogen and oxygen atoms in total. The molecule has 24 heavy (non-hydrogen) atoms. The number of aryl methyl sites for hydroxylation is 1. The second kappa shape index (κ2) is 6.98. The zero-order chi connectivity index (χ0) is 17.3. The van der Waals surface area contributed by atoms with Gasteiger partial charge < -0.3 is 10.6 Å². The highest BCUT2D eigenvalue weighted by atomic mass is 79.9. The standard InChI is InChI=1S/C20H23BrN2O/c1-13-3-4-16(11-19(13)22)20(24)23-10-9-18(14(2)12-23)15-5-7-17(21)8-6-15/h3-8,11,14,18H,9-10,12,22H2,1-2H3/t14-,18+/m1/s1. The van der Waals surface area contributed by atoms with Crippen LogP contribution >= 0.6 is 15.9 Å². The van der Waals surface area contributed by atoms with Gasteiger partial charge in [0.05, 0.1) is 0 Å². The third kappa shape index (κ3) is 3.48. The van der Waals surface area contributed by atoms with E-state index in [1.165, 1.54) is 5.56 Å². The molecule has 3 rings (SSSR count). The van der Waals surface area contributed by atoms with Crippen LogP contribution in [-0.4, -0.2) is 23.9 Å². The van der Waals surface area contributed by atoms with Crippen LogP contribution in [0.15, 0.2) is 46.9 Å². The van der Waals surface area contributed by atoms with Crippen molar-refractivity contribution < 1.29 is 4.79 Å². The van der Waals surface area contributed by atoms with E-state index in [1.807, 2.05) is 24.0 Å². The summed E-state index contributed by atoms with van der Waals surface area (Å²) in [7, 11) is 0. The highest BCUT2D eigenvalue weighted by Crippen LogP contribution is 2.34. The molecule has 2 aromatic carbocycles. The van der Waals surface area contributed by atoms with Gasteiger partial charge in [0, 0.05) is 28.8 Å². The van der Waals surface area contributed by atoms with Crippen molar-refractivity contribution in [1.82, 2.24) is 4.90 Å². The van der Waals surface area contributed by atoms with Crippen LogP contribution in [0.2, 0.25) is 0 Å². The molecule has 1 amide bonds. The first-order chi connectivity index (χ1) is 11.5. The lowest BCUT2D eigenvalue weighted by Gasteiger charge is -2.37. The molecule has 0 aromatic heterocycles. The van der Waals surface area contributed by atoms with Crippen molar-refractivity contribution in [2.45, 2.75) is 26.2 Å². The Hall–Kier alpha value is -1.81. The van der Waals surface area contributed by atoms with Crippen LogP contribution in [0, 0.1) is 12.8 Å². The lowest BCUT2D eigenvalue weighted by atomic mass is 9.81. The van der Waals surface area contributed by atoms with Gasteiger partial charge in [0.25, 0.3) is 5.91 Å². The van der Waals surface area contributed by atoms with Gasteiger partial charge in [-0.3, -0.25) is 4.79 Å². The number of anilines is 1. The summed E-state index contributed by atoms with van der Waals surface area (Å²) >= 11 is 3.49. The smallest absolute Gasteiger partial charge is 0.253 e. The maximum Gasteiger partial charge on any atom is 0.253 e. The number of carbonyl (C=O) groups excluding carboxylic acids is 1. The quantitative estimate of drug-likeness (QED) is 0.766. The number of piperidine rings is 1. The van der Waals surface area contributed by atoms with E-state index in [0.717, 1.165) is 29.5 Å². The predicted octanol–water partition coefficient (Wildman–Crippen LogP) is 4.61. The van der Waals surface area contributed by atoms with Gasteiger partial charge in [0.2, 0.25) is 0 Å². The molecule has 2 atom stereocenters. The van der Waals surface area contributed by atoms with Gasteiger partial charge in [0.15, 0.2) is 0 Å². The minimum atomic E-state index is 0.0859. The molecule has 4 heteroatoms. The van der Waals surface area contributed by atoms with Gasteiger partial charge in [-0.05, 0) is 60.6 Å². The van der Waals surface area contributed by atoms with Crippen molar-refractivity contribution in [3.05, 3.63) is 63.6 Å². The molecule has 1 heterocycles. The van der Waals surface area contributed by atoms with Crippen LogP contribution < -0.4 is 5.73 Å². The van der Waals surface area contributed by atoms with E-state index in [0.29, 0.717) is 23.1 Å². The van der Waals surface area contributed by atoms with E-state index >= 15 is 0 Å². The second-order valence-electron chi connectivity index (χ2n) is 6.75. The lowest BCUT2D eigenvalue weighted by molar-refractivity contribution is 0.0661. The van der Waals surface area contributed by atoms with Crippen molar-refractivity contribution in [3.63, 3.8) is 0 Å². The summed E-state index contributed by atoms with van der Waals surface area (Å²) in [6, 6.07) is 14.1. The summed E-state index contributed by atoms with van der Waals surface area (Å²) in [5, 5.41) is 0. The monoisotopic (exact) mass is 386 g/mol. The summed E-state index contributed by atoms with van der Waals surface area (Å²) in [5.41, 5.74) is 9.68. The average molecular weight is 387 g/mol. The molecule has 1 aliphatic rings. The molecule has 0 bridgehead atoms. The molecule has 1 fully saturated rings. The lowest BCUT2D eigenvalue weighted by Crippen LogP contribution is -2.42. The second-order valence-corrected chi connectivity index (χ2v) is 7.66.